The maximum Gasteiger partial charge on any atom is 0.0510 e. The predicted octanol–water partition coefficient (Wildman–Crippen LogP) is 6.52. The van der Waals surface area contributed by atoms with Crippen LogP contribution in [0.25, 0.3) is 22.2 Å². The summed E-state index contributed by atoms with van der Waals surface area (Å²) in [4.78, 5) is 6.32. The zero-order valence-corrected chi connectivity index (χ0v) is 17.1. The fraction of sp³-hybridized carbons (Fsp3) is 0.259. The minimum absolute atomic E-state index is 0.698. The molecule has 1 saturated heterocycles. The summed E-state index contributed by atoms with van der Waals surface area (Å²) in [6, 6.07) is 28.4. The summed E-state index contributed by atoms with van der Waals surface area (Å²) in [7, 11) is 0. The number of aromatic amines is 1. The molecule has 146 valence electrons. The third-order valence-electron chi connectivity index (χ3n) is 6.47. The van der Waals surface area contributed by atoms with Crippen LogP contribution in [-0.4, -0.2) is 23.0 Å². The van der Waals surface area contributed by atoms with Crippen LogP contribution in [0.3, 0.4) is 0 Å². The number of H-pyrrole nitrogens is 1. The largest absolute Gasteiger partial charge is 0.354 e. The van der Waals surface area contributed by atoms with Crippen molar-refractivity contribution in [2.45, 2.75) is 32.2 Å². The number of rotatable bonds is 4. The number of nitrogens with zero attached hydrogens (tertiary/aromatic N) is 1. The van der Waals surface area contributed by atoms with Crippen molar-refractivity contribution in [1.82, 2.24) is 9.88 Å². The van der Waals surface area contributed by atoms with Crippen molar-refractivity contribution in [2.24, 2.45) is 0 Å². The second-order valence-electron chi connectivity index (χ2n) is 8.30. The summed E-state index contributed by atoms with van der Waals surface area (Å²) in [5, 5.41) is 1.35. The molecule has 0 saturated carbocycles. The highest BCUT2D eigenvalue weighted by atomic mass is 15.1. The van der Waals surface area contributed by atoms with Crippen molar-refractivity contribution < 1.29 is 0 Å². The van der Waals surface area contributed by atoms with E-state index in [0.29, 0.717) is 5.92 Å². The van der Waals surface area contributed by atoms with Crippen LogP contribution in [0.5, 0.6) is 0 Å². The quantitative estimate of drug-likeness (QED) is 0.427. The molecule has 2 heterocycles. The Hall–Kier alpha value is -2.84. The molecule has 0 unspecified atom stereocenters. The Morgan fingerprint density at radius 2 is 1.52 bits per heavy atom. The van der Waals surface area contributed by atoms with E-state index in [1.807, 2.05) is 0 Å². The van der Waals surface area contributed by atoms with Gasteiger partial charge in [-0.1, -0.05) is 72.8 Å². The van der Waals surface area contributed by atoms with Gasteiger partial charge < -0.3 is 4.98 Å². The van der Waals surface area contributed by atoms with Crippen LogP contribution in [0.1, 0.15) is 35.4 Å². The lowest BCUT2D eigenvalue weighted by molar-refractivity contribution is 0.205. The number of piperidine rings is 1. The van der Waals surface area contributed by atoms with Gasteiger partial charge in [-0.2, -0.15) is 0 Å². The molecule has 1 aromatic heterocycles. The molecule has 0 radical (unpaired) electrons. The van der Waals surface area contributed by atoms with Crippen molar-refractivity contribution >= 4 is 10.9 Å². The van der Waals surface area contributed by atoms with Crippen molar-refractivity contribution in [1.29, 1.82) is 0 Å². The molecule has 4 aromatic rings. The van der Waals surface area contributed by atoms with E-state index in [-0.39, 0.29) is 0 Å². The summed E-state index contributed by atoms with van der Waals surface area (Å²) in [6.07, 6.45) is 2.49. The van der Waals surface area contributed by atoms with Gasteiger partial charge in [0.25, 0.3) is 0 Å². The van der Waals surface area contributed by atoms with Crippen molar-refractivity contribution in [3.63, 3.8) is 0 Å². The van der Waals surface area contributed by atoms with Gasteiger partial charge in [0, 0.05) is 17.4 Å². The highest BCUT2D eigenvalue weighted by molar-refractivity contribution is 5.90. The van der Waals surface area contributed by atoms with Crippen molar-refractivity contribution in [3.8, 4) is 11.3 Å². The van der Waals surface area contributed by atoms with E-state index in [1.165, 1.54) is 46.1 Å². The second-order valence-corrected chi connectivity index (χ2v) is 8.30. The summed E-state index contributed by atoms with van der Waals surface area (Å²) in [5.41, 5.74) is 8.19. The van der Waals surface area contributed by atoms with Crippen LogP contribution in [0, 0.1) is 6.92 Å². The van der Waals surface area contributed by atoms with Gasteiger partial charge in [0.1, 0.15) is 0 Å². The first kappa shape index (κ1) is 18.2. The lowest BCUT2D eigenvalue weighted by Gasteiger charge is -2.33. The molecule has 0 amide bonds. The third-order valence-corrected chi connectivity index (χ3v) is 6.47. The molecule has 2 nitrogen and oxygen atoms in total. The number of likely N-dealkylation sites (tertiary alicyclic amines) is 1. The van der Waals surface area contributed by atoms with E-state index < -0.39 is 0 Å². The number of aryl methyl sites for hydroxylation is 1. The molecule has 1 aliphatic rings. The van der Waals surface area contributed by atoms with Gasteiger partial charge in [0.2, 0.25) is 0 Å². The van der Waals surface area contributed by atoms with Crippen molar-refractivity contribution in [2.75, 3.05) is 13.1 Å². The molecular formula is C27H28N2. The summed E-state index contributed by atoms with van der Waals surface area (Å²) < 4.78 is 0. The van der Waals surface area contributed by atoms with Crippen LogP contribution < -0.4 is 0 Å². The number of hydrogen-bond donors (Lipinski definition) is 1. The van der Waals surface area contributed by atoms with Gasteiger partial charge in [-0.05, 0) is 67.1 Å². The molecule has 0 spiro atoms. The Morgan fingerprint density at radius 1 is 0.828 bits per heavy atom. The number of aromatic nitrogens is 1. The topological polar surface area (TPSA) is 19.0 Å². The van der Waals surface area contributed by atoms with E-state index in [2.05, 4.69) is 95.7 Å². The maximum absolute atomic E-state index is 3.69. The van der Waals surface area contributed by atoms with Gasteiger partial charge in [-0.15, -0.1) is 0 Å². The second kappa shape index (κ2) is 7.88. The maximum atomic E-state index is 3.69. The zero-order valence-electron chi connectivity index (χ0n) is 17.1. The van der Waals surface area contributed by atoms with Crippen LogP contribution in [0.15, 0.2) is 78.9 Å². The molecule has 1 N–H and O–H groups in total. The number of fused-ring (bicyclic) bond motifs is 1. The predicted molar refractivity (Wildman–Crippen MR) is 122 cm³/mol. The minimum atomic E-state index is 0.698. The molecule has 1 fully saturated rings. The monoisotopic (exact) mass is 380 g/mol. The highest BCUT2D eigenvalue weighted by Gasteiger charge is 2.23. The lowest BCUT2D eigenvalue weighted by atomic mass is 9.87. The van der Waals surface area contributed by atoms with E-state index >= 15 is 0 Å². The normalized spacial score (nSPS) is 15.8. The number of benzene rings is 3. The van der Waals surface area contributed by atoms with E-state index in [0.717, 1.165) is 19.6 Å². The molecule has 0 aliphatic carbocycles. The minimum Gasteiger partial charge on any atom is -0.354 e. The zero-order chi connectivity index (χ0) is 19.6. The number of hydrogen-bond acceptors (Lipinski definition) is 1. The number of para-hydroxylation sites is 1. The molecule has 0 bridgehead atoms. The Labute approximate surface area is 173 Å². The number of nitrogens with one attached hydrogen (secondary N) is 1. The van der Waals surface area contributed by atoms with Gasteiger partial charge >= 0.3 is 0 Å². The van der Waals surface area contributed by atoms with E-state index in [1.54, 1.807) is 5.56 Å². The summed E-state index contributed by atoms with van der Waals surface area (Å²) >= 11 is 0. The average molecular weight is 381 g/mol. The molecular weight excluding hydrogens is 352 g/mol. The smallest absolute Gasteiger partial charge is 0.0510 e. The standard InChI is InChI=1S/C27H28N2/c1-20-9-5-6-12-23(20)21-15-17-29(18-16-21)19-25-24-13-7-8-14-26(24)28-27(25)22-10-3-2-4-11-22/h2-14,21,28H,15-19H2,1H3. The van der Waals surface area contributed by atoms with Gasteiger partial charge in [-0.25, -0.2) is 0 Å². The fourth-order valence-corrected chi connectivity index (χ4v) is 4.89. The Balaban J connectivity index is 1.39. The Kier molecular flexibility index (Phi) is 4.95. The molecule has 3 aromatic carbocycles. The van der Waals surface area contributed by atoms with Crippen molar-refractivity contribution in [3.05, 3.63) is 95.6 Å². The van der Waals surface area contributed by atoms with E-state index in [9.17, 15) is 0 Å². The summed E-state index contributed by atoms with van der Waals surface area (Å²) in [5.74, 6) is 0.698. The SMILES string of the molecule is Cc1ccccc1C1CCN(Cc2c(-c3ccccc3)[nH]c3ccccc23)CC1. The van der Waals surface area contributed by atoms with Crippen LogP contribution in [-0.2, 0) is 6.54 Å². The van der Waals surface area contributed by atoms with Crippen LogP contribution >= 0.6 is 0 Å². The first-order valence-electron chi connectivity index (χ1n) is 10.7. The first-order valence-corrected chi connectivity index (χ1v) is 10.7. The van der Waals surface area contributed by atoms with Crippen LogP contribution in [0.2, 0.25) is 0 Å². The lowest BCUT2D eigenvalue weighted by Crippen LogP contribution is -2.32. The average Bonchev–Trinajstić information content (AvgIpc) is 3.14. The highest BCUT2D eigenvalue weighted by Crippen LogP contribution is 2.34. The third kappa shape index (κ3) is 3.61. The van der Waals surface area contributed by atoms with Gasteiger partial charge in [0.05, 0.1) is 5.69 Å². The van der Waals surface area contributed by atoms with Gasteiger partial charge in [-0.3, -0.25) is 4.90 Å². The molecule has 5 rings (SSSR count). The first-order chi connectivity index (χ1) is 14.3. The Morgan fingerprint density at radius 3 is 2.31 bits per heavy atom. The Bertz CT molecular complexity index is 1100. The molecule has 0 atom stereocenters. The fourth-order valence-electron chi connectivity index (χ4n) is 4.89. The molecule has 2 heteroatoms. The summed E-state index contributed by atoms with van der Waals surface area (Å²) in [6.45, 7) is 5.58. The van der Waals surface area contributed by atoms with Crippen LogP contribution in [0.4, 0.5) is 0 Å². The van der Waals surface area contributed by atoms with Gasteiger partial charge in [0.15, 0.2) is 0 Å². The molecule has 29 heavy (non-hydrogen) atoms. The van der Waals surface area contributed by atoms with E-state index in [4.69, 9.17) is 0 Å². The molecule has 1 aliphatic heterocycles.